The van der Waals surface area contributed by atoms with Gasteiger partial charge in [-0.3, -0.25) is 4.79 Å². The van der Waals surface area contributed by atoms with Gasteiger partial charge in [0.05, 0.1) is 0 Å². The minimum atomic E-state index is 0.304. The number of likely N-dealkylation sites (tertiary alicyclic amines) is 1. The number of carbonyl (C=O) groups is 1. The zero-order valence-electron chi connectivity index (χ0n) is 12.3. The van der Waals surface area contributed by atoms with Crippen molar-refractivity contribution in [1.82, 2.24) is 4.90 Å². The minimum Gasteiger partial charge on any atom is -0.339 e. The van der Waals surface area contributed by atoms with Gasteiger partial charge in [0.25, 0.3) is 0 Å². The van der Waals surface area contributed by atoms with Crippen molar-refractivity contribution in [2.75, 3.05) is 13.1 Å². The van der Waals surface area contributed by atoms with Crippen molar-refractivity contribution >= 4 is 5.91 Å². The van der Waals surface area contributed by atoms with E-state index in [-0.39, 0.29) is 0 Å². The molecule has 1 amide bonds. The van der Waals surface area contributed by atoms with E-state index >= 15 is 0 Å². The van der Waals surface area contributed by atoms with Crippen molar-refractivity contribution in [3.8, 4) is 0 Å². The number of amides is 1. The van der Waals surface area contributed by atoms with Crippen molar-refractivity contribution in [3.05, 3.63) is 0 Å². The minimum absolute atomic E-state index is 0.304. The van der Waals surface area contributed by atoms with Crippen LogP contribution in [-0.2, 0) is 4.79 Å². The summed E-state index contributed by atoms with van der Waals surface area (Å²) in [7, 11) is 0. The molecule has 0 aromatic rings. The Kier molecular flexibility index (Phi) is 6.15. The second-order valence-corrected chi connectivity index (χ2v) is 6.30. The van der Waals surface area contributed by atoms with Crippen molar-refractivity contribution in [2.24, 2.45) is 11.7 Å². The molecule has 1 unspecified atom stereocenters. The molecule has 1 aliphatic carbocycles. The van der Waals surface area contributed by atoms with Gasteiger partial charge in [-0.1, -0.05) is 32.1 Å². The van der Waals surface area contributed by atoms with Gasteiger partial charge in [0.1, 0.15) is 0 Å². The van der Waals surface area contributed by atoms with E-state index in [1.54, 1.807) is 0 Å². The first kappa shape index (κ1) is 14.8. The van der Waals surface area contributed by atoms with Crippen molar-refractivity contribution < 1.29 is 4.79 Å². The van der Waals surface area contributed by atoms with Crippen LogP contribution in [0.4, 0.5) is 0 Å². The third kappa shape index (κ3) is 4.20. The molecule has 1 saturated heterocycles. The highest BCUT2D eigenvalue weighted by Gasteiger charge is 2.30. The van der Waals surface area contributed by atoms with Crippen LogP contribution in [0.3, 0.4) is 0 Å². The van der Waals surface area contributed by atoms with Crippen LogP contribution in [-0.4, -0.2) is 29.9 Å². The van der Waals surface area contributed by atoms with Gasteiger partial charge in [0.2, 0.25) is 5.91 Å². The normalized spacial score (nSPS) is 26.8. The molecule has 2 rings (SSSR count). The van der Waals surface area contributed by atoms with Gasteiger partial charge in [-0.25, -0.2) is 0 Å². The van der Waals surface area contributed by atoms with Crippen LogP contribution >= 0.6 is 0 Å². The van der Waals surface area contributed by atoms with E-state index < -0.39 is 0 Å². The lowest BCUT2D eigenvalue weighted by Crippen LogP contribution is -2.47. The summed E-state index contributed by atoms with van der Waals surface area (Å²) in [5.74, 6) is 0.749. The molecule has 3 heteroatoms. The number of rotatable bonds is 3. The quantitative estimate of drug-likeness (QED) is 0.853. The Morgan fingerprint density at radius 3 is 2.26 bits per heavy atom. The molecule has 2 aliphatic rings. The SMILES string of the molecule is NCCC1CCCCN1C(=O)C1CCCCCCC1. The number of nitrogens with zero attached hydrogens (tertiary/aromatic N) is 1. The van der Waals surface area contributed by atoms with Crippen LogP contribution in [0.25, 0.3) is 0 Å². The fourth-order valence-corrected chi connectivity index (χ4v) is 3.72. The summed E-state index contributed by atoms with van der Waals surface area (Å²) >= 11 is 0. The van der Waals surface area contributed by atoms with Crippen molar-refractivity contribution in [1.29, 1.82) is 0 Å². The monoisotopic (exact) mass is 266 g/mol. The van der Waals surface area contributed by atoms with Gasteiger partial charge in [0.15, 0.2) is 0 Å². The predicted octanol–water partition coefficient (Wildman–Crippen LogP) is 3.08. The van der Waals surface area contributed by atoms with Crippen molar-refractivity contribution in [2.45, 2.75) is 76.7 Å². The Bertz CT molecular complexity index is 270. The van der Waals surface area contributed by atoms with E-state index in [4.69, 9.17) is 5.73 Å². The van der Waals surface area contributed by atoms with Gasteiger partial charge in [-0.05, 0) is 45.1 Å². The van der Waals surface area contributed by atoms with E-state index in [2.05, 4.69) is 4.90 Å². The zero-order valence-corrected chi connectivity index (χ0v) is 12.3. The Hall–Kier alpha value is -0.570. The van der Waals surface area contributed by atoms with Crippen LogP contribution in [0.2, 0.25) is 0 Å². The third-order valence-electron chi connectivity index (χ3n) is 4.86. The number of nitrogens with two attached hydrogens (primary N) is 1. The standard InChI is InChI=1S/C16H30N2O/c17-12-11-15-10-6-7-13-18(15)16(19)14-8-4-2-1-3-5-9-14/h14-15H,1-13,17H2. The van der Waals surface area contributed by atoms with E-state index in [9.17, 15) is 4.79 Å². The number of carbonyl (C=O) groups excluding carboxylic acids is 1. The van der Waals surface area contributed by atoms with E-state index in [1.165, 1.54) is 44.9 Å². The van der Waals surface area contributed by atoms with Crippen LogP contribution in [0.1, 0.15) is 70.6 Å². The highest BCUT2D eigenvalue weighted by atomic mass is 16.2. The molecule has 0 spiro atoms. The van der Waals surface area contributed by atoms with Gasteiger partial charge in [-0.2, -0.15) is 0 Å². The van der Waals surface area contributed by atoms with E-state index in [0.717, 1.165) is 32.2 Å². The third-order valence-corrected chi connectivity index (χ3v) is 4.86. The zero-order chi connectivity index (χ0) is 13.5. The highest BCUT2D eigenvalue weighted by molar-refractivity contribution is 5.79. The molecule has 2 fully saturated rings. The maximum atomic E-state index is 12.8. The lowest BCUT2D eigenvalue weighted by Gasteiger charge is -2.38. The van der Waals surface area contributed by atoms with Crippen LogP contribution in [0, 0.1) is 5.92 Å². The average Bonchev–Trinajstić information content (AvgIpc) is 2.39. The van der Waals surface area contributed by atoms with Gasteiger partial charge in [-0.15, -0.1) is 0 Å². The van der Waals surface area contributed by atoms with Crippen LogP contribution in [0.5, 0.6) is 0 Å². The first-order valence-electron chi connectivity index (χ1n) is 8.33. The van der Waals surface area contributed by atoms with Crippen molar-refractivity contribution in [3.63, 3.8) is 0 Å². The predicted molar refractivity (Wildman–Crippen MR) is 78.8 cm³/mol. The highest BCUT2D eigenvalue weighted by Crippen LogP contribution is 2.27. The number of hydrogen-bond acceptors (Lipinski definition) is 2. The fourth-order valence-electron chi connectivity index (χ4n) is 3.72. The summed E-state index contributed by atoms with van der Waals surface area (Å²) in [5, 5.41) is 0. The smallest absolute Gasteiger partial charge is 0.225 e. The van der Waals surface area contributed by atoms with Crippen LogP contribution < -0.4 is 5.73 Å². The molecule has 19 heavy (non-hydrogen) atoms. The first-order valence-corrected chi connectivity index (χ1v) is 8.33. The molecule has 0 bridgehead atoms. The summed E-state index contributed by atoms with van der Waals surface area (Å²) < 4.78 is 0. The second kappa shape index (κ2) is 7.88. The maximum Gasteiger partial charge on any atom is 0.225 e. The molecular weight excluding hydrogens is 236 g/mol. The Morgan fingerprint density at radius 2 is 1.58 bits per heavy atom. The molecule has 0 aromatic carbocycles. The summed E-state index contributed by atoms with van der Waals surface area (Å²) in [6.45, 7) is 1.68. The Labute approximate surface area is 117 Å². The van der Waals surface area contributed by atoms with Crippen LogP contribution in [0.15, 0.2) is 0 Å². The molecule has 1 heterocycles. The lowest BCUT2D eigenvalue weighted by atomic mass is 9.88. The number of piperidine rings is 1. The lowest BCUT2D eigenvalue weighted by molar-refractivity contribution is -0.140. The summed E-state index contributed by atoms with van der Waals surface area (Å²) in [4.78, 5) is 15.0. The fraction of sp³-hybridized carbons (Fsp3) is 0.938. The largest absolute Gasteiger partial charge is 0.339 e. The Morgan fingerprint density at radius 1 is 0.947 bits per heavy atom. The molecular formula is C16H30N2O. The van der Waals surface area contributed by atoms with E-state index in [1.807, 2.05) is 0 Å². The Balaban J connectivity index is 1.94. The molecule has 0 aromatic heterocycles. The summed E-state index contributed by atoms with van der Waals surface area (Å²) in [5.41, 5.74) is 5.71. The molecule has 3 nitrogen and oxygen atoms in total. The second-order valence-electron chi connectivity index (χ2n) is 6.30. The summed E-state index contributed by atoms with van der Waals surface area (Å²) in [6, 6.07) is 0.427. The van der Waals surface area contributed by atoms with Gasteiger partial charge in [0, 0.05) is 18.5 Å². The first-order chi connectivity index (χ1) is 9.33. The van der Waals surface area contributed by atoms with E-state index in [0.29, 0.717) is 24.4 Å². The average molecular weight is 266 g/mol. The molecule has 0 radical (unpaired) electrons. The topological polar surface area (TPSA) is 46.3 Å². The molecule has 1 saturated carbocycles. The molecule has 1 aliphatic heterocycles. The maximum absolute atomic E-state index is 12.8. The van der Waals surface area contributed by atoms with Gasteiger partial charge < -0.3 is 10.6 Å². The molecule has 2 N–H and O–H groups in total. The number of hydrogen-bond donors (Lipinski definition) is 1. The molecule has 1 atom stereocenters. The van der Waals surface area contributed by atoms with Gasteiger partial charge >= 0.3 is 0 Å². The summed E-state index contributed by atoms with van der Waals surface area (Å²) in [6.07, 6.45) is 13.3. The molecule has 110 valence electrons.